The van der Waals surface area contributed by atoms with Crippen molar-refractivity contribution in [3.05, 3.63) is 70.3 Å². The van der Waals surface area contributed by atoms with Crippen LogP contribution in [0.4, 0.5) is 0 Å². The number of aliphatic hydroxyl groups is 1. The molecule has 20 heavy (non-hydrogen) atoms. The van der Waals surface area contributed by atoms with Crippen LogP contribution in [0.15, 0.2) is 42.5 Å². The lowest BCUT2D eigenvalue weighted by Crippen LogP contribution is -2.13. The van der Waals surface area contributed by atoms with E-state index in [1.807, 2.05) is 0 Å². The molecule has 1 N–H and O–H groups in total. The van der Waals surface area contributed by atoms with Crippen molar-refractivity contribution in [2.45, 2.75) is 33.6 Å². The second-order valence-electron chi connectivity index (χ2n) is 5.88. The van der Waals surface area contributed by atoms with Gasteiger partial charge in [0.15, 0.2) is 0 Å². The van der Waals surface area contributed by atoms with Crippen LogP contribution in [0.25, 0.3) is 0 Å². The van der Waals surface area contributed by atoms with E-state index in [0.29, 0.717) is 5.92 Å². The van der Waals surface area contributed by atoms with Gasteiger partial charge in [-0.25, -0.2) is 0 Å². The van der Waals surface area contributed by atoms with Crippen molar-refractivity contribution in [1.82, 2.24) is 0 Å². The SMILES string of the molecule is Cc1cccc(CC(CO)Cc2ccc(C)cc2C)c1. The smallest absolute Gasteiger partial charge is 0.0465 e. The molecule has 1 unspecified atom stereocenters. The van der Waals surface area contributed by atoms with Gasteiger partial charge in [0, 0.05) is 6.61 Å². The number of hydrogen-bond acceptors (Lipinski definition) is 1. The van der Waals surface area contributed by atoms with Gasteiger partial charge in [0.05, 0.1) is 0 Å². The van der Waals surface area contributed by atoms with Gasteiger partial charge in [0.1, 0.15) is 0 Å². The lowest BCUT2D eigenvalue weighted by molar-refractivity contribution is 0.225. The average molecular weight is 268 g/mol. The topological polar surface area (TPSA) is 20.2 Å². The van der Waals surface area contributed by atoms with Gasteiger partial charge < -0.3 is 5.11 Å². The largest absolute Gasteiger partial charge is 0.396 e. The van der Waals surface area contributed by atoms with Crippen molar-refractivity contribution in [3.63, 3.8) is 0 Å². The Morgan fingerprint density at radius 1 is 0.900 bits per heavy atom. The number of benzene rings is 2. The normalized spacial score (nSPS) is 12.4. The van der Waals surface area contributed by atoms with Gasteiger partial charge in [-0.15, -0.1) is 0 Å². The second kappa shape index (κ2) is 6.71. The summed E-state index contributed by atoms with van der Waals surface area (Å²) in [6.07, 6.45) is 1.88. The third kappa shape index (κ3) is 3.94. The highest BCUT2D eigenvalue weighted by Crippen LogP contribution is 2.19. The van der Waals surface area contributed by atoms with Crippen molar-refractivity contribution in [3.8, 4) is 0 Å². The first kappa shape index (κ1) is 14.8. The molecule has 1 atom stereocenters. The Morgan fingerprint density at radius 2 is 1.65 bits per heavy atom. The first-order valence-corrected chi connectivity index (χ1v) is 7.31. The molecule has 2 aromatic rings. The molecular formula is C19H24O. The van der Waals surface area contributed by atoms with Gasteiger partial charge in [-0.3, -0.25) is 0 Å². The van der Waals surface area contributed by atoms with Gasteiger partial charge in [-0.2, -0.15) is 0 Å². The van der Waals surface area contributed by atoms with Crippen LogP contribution in [0.3, 0.4) is 0 Å². The Labute approximate surface area is 122 Å². The van der Waals surface area contributed by atoms with Crippen LogP contribution in [-0.2, 0) is 12.8 Å². The van der Waals surface area contributed by atoms with Crippen LogP contribution in [0.2, 0.25) is 0 Å². The molecule has 106 valence electrons. The van der Waals surface area contributed by atoms with E-state index in [0.717, 1.165) is 12.8 Å². The van der Waals surface area contributed by atoms with Crippen LogP contribution >= 0.6 is 0 Å². The number of hydrogen-bond donors (Lipinski definition) is 1. The number of aliphatic hydroxyl groups excluding tert-OH is 1. The molecule has 0 fully saturated rings. The summed E-state index contributed by atoms with van der Waals surface area (Å²) in [5, 5.41) is 9.66. The Hall–Kier alpha value is -1.60. The van der Waals surface area contributed by atoms with Crippen LogP contribution in [0, 0.1) is 26.7 Å². The lowest BCUT2D eigenvalue weighted by Gasteiger charge is -2.16. The van der Waals surface area contributed by atoms with Crippen molar-refractivity contribution in [2.75, 3.05) is 6.61 Å². The van der Waals surface area contributed by atoms with Crippen molar-refractivity contribution < 1.29 is 5.11 Å². The summed E-state index contributed by atoms with van der Waals surface area (Å²) in [6, 6.07) is 15.1. The first-order valence-electron chi connectivity index (χ1n) is 7.31. The van der Waals surface area contributed by atoms with Gasteiger partial charge in [0.2, 0.25) is 0 Å². The van der Waals surface area contributed by atoms with E-state index in [-0.39, 0.29) is 6.61 Å². The molecule has 0 aliphatic rings. The average Bonchev–Trinajstić information content (AvgIpc) is 2.41. The van der Waals surface area contributed by atoms with Crippen LogP contribution in [0.5, 0.6) is 0 Å². The molecule has 0 aromatic heterocycles. The molecule has 0 aliphatic heterocycles. The zero-order valence-corrected chi connectivity index (χ0v) is 12.7. The predicted octanol–water partition coefficient (Wildman–Crippen LogP) is 4.01. The maximum Gasteiger partial charge on any atom is 0.0465 e. The van der Waals surface area contributed by atoms with E-state index in [2.05, 4.69) is 63.2 Å². The predicted molar refractivity (Wildman–Crippen MR) is 85.1 cm³/mol. The molecule has 1 nitrogen and oxygen atoms in total. The van der Waals surface area contributed by atoms with E-state index in [4.69, 9.17) is 0 Å². The van der Waals surface area contributed by atoms with Gasteiger partial charge in [-0.05, 0) is 56.2 Å². The van der Waals surface area contributed by atoms with E-state index >= 15 is 0 Å². The number of rotatable bonds is 5. The lowest BCUT2D eigenvalue weighted by atomic mass is 9.90. The molecule has 2 rings (SSSR count). The van der Waals surface area contributed by atoms with E-state index in [9.17, 15) is 5.11 Å². The fourth-order valence-corrected chi connectivity index (χ4v) is 2.76. The maximum absolute atomic E-state index is 9.66. The fraction of sp³-hybridized carbons (Fsp3) is 0.368. The molecule has 0 saturated heterocycles. The standard InChI is InChI=1S/C19H24O/c1-14-5-4-6-17(10-14)11-18(13-20)12-19-8-7-15(2)9-16(19)3/h4-10,18,20H,11-13H2,1-3H3. The summed E-state index contributed by atoms with van der Waals surface area (Å²) in [4.78, 5) is 0. The van der Waals surface area contributed by atoms with Crippen molar-refractivity contribution in [2.24, 2.45) is 5.92 Å². The summed E-state index contributed by atoms with van der Waals surface area (Å²) in [6.45, 7) is 6.62. The molecule has 2 aromatic carbocycles. The van der Waals surface area contributed by atoms with Crippen molar-refractivity contribution >= 4 is 0 Å². The monoisotopic (exact) mass is 268 g/mol. The van der Waals surface area contributed by atoms with Crippen molar-refractivity contribution in [1.29, 1.82) is 0 Å². The summed E-state index contributed by atoms with van der Waals surface area (Å²) in [5.41, 5.74) is 6.57. The maximum atomic E-state index is 9.66. The van der Waals surface area contributed by atoms with E-state index < -0.39 is 0 Å². The first-order chi connectivity index (χ1) is 9.58. The highest BCUT2D eigenvalue weighted by Gasteiger charge is 2.11. The summed E-state index contributed by atoms with van der Waals surface area (Å²) >= 11 is 0. The summed E-state index contributed by atoms with van der Waals surface area (Å²) in [7, 11) is 0. The van der Waals surface area contributed by atoms with E-state index in [1.54, 1.807) is 0 Å². The van der Waals surface area contributed by atoms with Gasteiger partial charge >= 0.3 is 0 Å². The molecule has 0 spiro atoms. The van der Waals surface area contributed by atoms with Gasteiger partial charge in [-0.1, -0.05) is 53.6 Å². The molecule has 0 amide bonds. The Kier molecular flexibility index (Phi) is 4.97. The molecule has 0 saturated carbocycles. The van der Waals surface area contributed by atoms with Crippen LogP contribution in [-0.4, -0.2) is 11.7 Å². The Morgan fingerprint density at radius 3 is 2.30 bits per heavy atom. The highest BCUT2D eigenvalue weighted by molar-refractivity contribution is 5.31. The Bertz CT molecular complexity index is 572. The van der Waals surface area contributed by atoms with Gasteiger partial charge in [0.25, 0.3) is 0 Å². The molecule has 1 heteroatoms. The second-order valence-corrected chi connectivity index (χ2v) is 5.88. The third-order valence-electron chi connectivity index (χ3n) is 3.87. The molecular weight excluding hydrogens is 244 g/mol. The molecule has 0 radical (unpaired) electrons. The zero-order chi connectivity index (χ0) is 14.5. The van der Waals surface area contributed by atoms with Crippen LogP contribution < -0.4 is 0 Å². The minimum atomic E-state index is 0.237. The Balaban J connectivity index is 2.09. The minimum Gasteiger partial charge on any atom is -0.396 e. The van der Waals surface area contributed by atoms with Crippen LogP contribution in [0.1, 0.15) is 27.8 Å². The molecule has 0 heterocycles. The van der Waals surface area contributed by atoms with E-state index in [1.165, 1.54) is 27.8 Å². The molecule has 0 aliphatic carbocycles. The quantitative estimate of drug-likeness (QED) is 0.869. The zero-order valence-electron chi connectivity index (χ0n) is 12.7. The fourth-order valence-electron chi connectivity index (χ4n) is 2.76. The summed E-state index contributed by atoms with van der Waals surface area (Å²) in [5.74, 6) is 0.290. The highest BCUT2D eigenvalue weighted by atomic mass is 16.3. The minimum absolute atomic E-state index is 0.237. The summed E-state index contributed by atoms with van der Waals surface area (Å²) < 4.78 is 0. The molecule has 0 bridgehead atoms. The third-order valence-corrected chi connectivity index (χ3v) is 3.87. The number of aryl methyl sites for hydroxylation is 3.